The normalized spacial score (nSPS) is 12.6. The first-order valence-electron chi connectivity index (χ1n) is 6.83. The van der Waals surface area contributed by atoms with E-state index in [0.717, 1.165) is 19.3 Å². The van der Waals surface area contributed by atoms with E-state index in [9.17, 15) is 0 Å². The van der Waals surface area contributed by atoms with Crippen LogP contribution >= 0.6 is 11.3 Å². The van der Waals surface area contributed by atoms with E-state index < -0.39 is 0 Å². The molecule has 0 fully saturated rings. The van der Waals surface area contributed by atoms with Crippen LogP contribution in [0.3, 0.4) is 0 Å². The van der Waals surface area contributed by atoms with Gasteiger partial charge in [-0.3, -0.25) is 0 Å². The van der Waals surface area contributed by atoms with Gasteiger partial charge in [-0.25, -0.2) is 4.98 Å². The van der Waals surface area contributed by atoms with Gasteiger partial charge in [-0.2, -0.15) is 0 Å². The Hall–Kier alpha value is -1.19. The van der Waals surface area contributed by atoms with Crippen LogP contribution in [0.25, 0.3) is 0 Å². The lowest BCUT2D eigenvalue weighted by molar-refractivity contribution is 0.519. The minimum absolute atomic E-state index is 0.505. The third-order valence-corrected chi connectivity index (χ3v) is 4.62. The van der Waals surface area contributed by atoms with Crippen molar-refractivity contribution in [3.05, 3.63) is 51.5 Å². The van der Waals surface area contributed by atoms with Gasteiger partial charge in [0.15, 0.2) is 0 Å². The van der Waals surface area contributed by atoms with Crippen molar-refractivity contribution in [2.45, 2.75) is 39.2 Å². The van der Waals surface area contributed by atoms with E-state index in [1.807, 2.05) is 18.4 Å². The Morgan fingerprint density at radius 2 is 1.95 bits per heavy atom. The van der Waals surface area contributed by atoms with E-state index in [0.29, 0.717) is 6.04 Å². The molecule has 0 aliphatic heterocycles. The highest BCUT2D eigenvalue weighted by molar-refractivity contribution is 7.11. The number of benzene rings is 1. The smallest absolute Gasteiger partial charge is 0.0946 e. The SMILES string of the molecule is CNC(CCc1ccccc1)Cc1nc(C)c(C)s1. The summed E-state index contributed by atoms with van der Waals surface area (Å²) in [5.41, 5.74) is 2.59. The number of thiazole rings is 1. The molecule has 0 saturated carbocycles. The number of aromatic nitrogens is 1. The maximum Gasteiger partial charge on any atom is 0.0946 e. The maximum atomic E-state index is 4.63. The molecule has 0 aliphatic rings. The number of nitrogens with one attached hydrogen (secondary N) is 1. The number of rotatable bonds is 6. The molecule has 0 saturated heterocycles. The number of hydrogen-bond acceptors (Lipinski definition) is 3. The van der Waals surface area contributed by atoms with Crippen LogP contribution in [0.4, 0.5) is 0 Å². The van der Waals surface area contributed by atoms with Gasteiger partial charge in [0.2, 0.25) is 0 Å². The molecule has 2 aromatic rings. The van der Waals surface area contributed by atoms with E-state index >= 15 is 0 Å². The zero-order valence-corrected chi connectivity index (χ0v) is 12.8. The fourth-order valence-electron chi connectivity index (χ4n) is 2.17. The summed E-state index contributed by atoms with van der Waals surface area (Å²) in [4.78, 5) is 5.97. The van der Waals surface area contributed by atoms with E-state index in [-0.39, 0.29) is 0 Å². The molecule has 1 aromatic carbocycles. The second-order valence-corrected chi connectivity index (χ2v) is 6.25. The summed E-state index contributed by atoms with van der Waals surface area (Å²) in [6, 6.07) is 11.2. The van der Waals surface area contributed by atoms with Gasteiger partial charge in [-0.05, 0) is 39.3 Å². The first-order chi connectivity index (χ1) is 9.19. The Bertz CT molecular complexity index is 485. The Labute approximate surface area is 119 Å². The second kappa shape index (κ2) is 6.83. The van der Waals surface area contributed by atoms with Crippen LogP contribution in [0.5, 0.6) is 0 Å². The third kappa shape index (κ3) is 4.15. The van der Waals surface area contributed by atoms with Crippen LogP contribution in [-0.2, 0) is 12.8 Å². The van der Waals surface area contributed by atoms with E-state index in [1.165, 1.54) is 21.1 Å². The molecule has 1 aromatic heterocycles. The third-order valence-electron chi connectivity index (χ3n) is 3.53. The Morgan fingerprint density at radius 3 is 2.53 bits per heavy atom. The molecule has 1 heterocycles. The Balaban J connectivity index is 1.90. The summed E-state index contributed by atoms with van der Waals surface area (Å²) in [6.45, 7) is 4.24. The van der Waals surface area contributed by atoms with Crippen LogP contribution in [0, 0.1) is 13.8 Å². The molecule has 0 bridgehead atoms. The van der Waals surface area contributed by atoms with Crippen molar-refractivity contribution >= 4 is 11.3 Å². The summed E-state index contributed by atoms with van der Waals surface area (Å²) in [6.07, 6.45) is 3.30. The van der Waals surface area contributed by atoms with Crippen LogP contribution in [-0.4, -0.2) is 18.1 Å². The summed E-state index contributed by atoms with van der Waals surface area (Å²) < 4.78 is 0. The predicted octanol–water partition coefficient (Wildman–Crippen LogP) is 3.52. The van der Waals surface area contributed by atoms with Gasteiger partial charge in [0.05, 0.1) is 10.7 Å². The standard InChI is InChI=1S/C16H22N2S/c1-12-13(2)19-16(18-12)11-15(17-3)10-9-14-7-5-4-6-8-14/h4-8,15,17H,9-11H2,1-3H3. The predicted molar refractivity (Wildman–Crippen MR) is 82.9 cm³/mol. The lowest BCUT2D eigenvalue weighted by Gasteiger charge is -2.14. The van der Waals surface area contributed by atoms with Crippen LogP contribution in [0.2, 0.25) is 0 Å². The molecule has 0 aliphatic carbocycles. The topological polar surface area (TPSA) is 24.9 Å². The fraction of sp³-hybridized carbons (Fsp3) is 0.438. The van der Waals surface area contributed by atoms with Crippen molar-refractivity contribution in [1.29, 1.82) is 0 Å². The van der Waals surface area contributed by atoms with Crippen molar-refractivity contribution in [2.75, 3.05) is 7.05 Å². The number of likely N-dealkylation sites (N-methyl/N-ethyl adjacent to an activating group) is 1. The zero-order chi connectivity index (χ0) is 13.7. The monoisotopic (exact) mass is 274 g/mol. The van der Waals surface area contributed by atoms with Crippen LogP contribution < -0.4 is 5.32 Å². The van der Waals surface area contributed by atoms with Gasteiger partial charge in [0.1, 0.15) is 0 Å². The molecule has 0 spiro atoms. The largest absolute Gasteiger partial charge is 0.317 e. The minimum Gasteiger partial charge on any atom is -0.317 e. The molecule has 2 rings (SSSR count). The quantitative estimate of drug-likeness (QED) is 0.871. The molecule has 1 atom stereocenters. The van der Waals surface area contributed by atoms with Gasteiger partial charge in [0, 0.05) is 17.3 Å². The van der Waals surface area contributed by atoms with Crippen molar-refractivity contribution in [2.24, 2.45) is 0 Å². The first kappa shape index (κ1) is 14.2. The maximum absolute atomic E-state index is 4.63. The minimum atomic E-state index is 0.505. The van der Waals surface area contributed by atoms with Crippen molar-refractivity contribution in [3.63, 3.8) is 0 Å². The highest BCUT2D eigenvalue weighted by Crippen LogP contribution is 2.19. The van der Waals surface area contributed by atoms with E-state index in [1.54, 1.807) is 0 Å². The molecular formula is C16H22N2S. The van der Waals surface area contributed by atoms with E-state index in [2.05, 4.69) is 54.5 Å². The second-order valence-electron chi connectivity index (χ2n) is 4.96. The van der Waals surface area contributed by atoms with Crippen LogP contribution in [0.1, 0.15) is 27.6 Å². The molecular weight excluding hydrogens is 252 g/mol. The van der Waals surface area contributed by atoms with Gasteiger partial charge in [-0.1, -0.05) is 30.3 Å². The van der Waals surface area contributed by atoms with Crippen molar-refractivity contribution in [3.8, 4) is 0 Å². The molecule has 2 nitrogen and oxygen atoms in total. The highest BCUT2D eigenvalue weighted by Gasteiger charge is 2.11. The Kier molecular flexibility index (Phi) is 5.11. The van der Waals surface area contributed by atoms with Gasteiger partial charge < -0.3 is 5.32 Å². The molecule has 0 amide bonds. The molecule has 19 heavy (non-hydrogen) atoms. The average Bonchev–Trinajstić information content (AvgIpc) is 2.74. The number of nitrogens with zero attached hydrogens (tertiary/aromatic N) is 1. The van der Waals surface area contributed by atoms with Gasteiger partial charge >= 0.3 is 0 Å². The van der Waals surface area contributed by atoms with Gasteiger partial charge in [-0.15, -0.1) is 11.3 Å². The molecule has 1 N–H and O–H groups in total. The fourth-order valence-corrected chi connectivity index (χ4v) is 3.19. The number of aryl methyl sites for hydroxylation is 3. The van der Waals surface area contributed by atoms with Crippen molar-refractivity contribution in [1.82, 2.24) is 10.3 Å². The molecule has 102 valence electrons. The summed E-state index contributed by atoms with van der Waals surface area (Å²) in [5, 5.41) is 4.67. The van der Waals surface area contributed by atoms with E-state index in [4.69, 9.17) is 0 Å². The summed E-state index contributed by atoms with van der Waals surface area (Å²) in [5.74, 6) is 0. The lowest BCUT2D eigenvalue weighted by atomic mass is 10.0. The summed E-state index contributed by atoms with van der Waals surface area (Å²) >= 11 is 1.83. The Morgan fingerprint density at radius 1 is 1.21 bits per heavy atom. The number of hydrogen-bond donors (Lipinski definition) is 1. The van der Waals surface area contributed by atoms with Crippen LogP contribution in [0.15, 0.2) is 30.3 Å². The van der Waals surface area contributed by atoms with Gasteiger partial charge in [0.25, 0.3) is 0 Å². The van der Waals surface area contributed by atoms with Crippen molar-refractivity contribution < 1.29 is 0 Å². The highest BCUT2D eigenvalue weighted by atomic mass is 32.1. The first-order valence-corrected chi connectivity index (χ1v) is 7.64. The lowest BCUT2D eigenvalue weighted by Crippen LogP contribution is -2.28. The average molecular weight is 274 g/mol. The zero-order valence-electron chi connectivity index (χ0n) is 11.9. The molecule has 1 unspecified atom stereocenters. The molecule has 0 radical (unpaired) electrons. The summed E-state index contributed by atoms with van der Waals surface area (Å²) in [7, 11) is 2.04. The molecule has 3 heteroatoms.